The van der Waals surface area contributed by atoms with E-state index in [1.165, 1.54) is 25.3 Å². The van der Waals surface area contributed by atoms with Gasteiger partial charge in [-0.2, -0.15) is 8.78 Å². The average molecular weight is 468 g/mol. The van der Waals surface area contributed by atoms with E-state index in [1.807, 2.05) is 48.7 Å². The molecule has 4 nitrogen and oxygen atoms in total. The number of pyridine rings is 2. The first-order chi connectivity index (χ1) is 16.8. The third-order valence-electron chi connectivity index (χ3n) is 6.20. The summed E-state index contributed by atoms with van der Waals surface area (Å²) in [7, 11) is 0. The molecule has 0 radical (unpaired) electrons. The Morgan fingerprint density at radius 3 is 2.23 bits per heavy atom. The second kappa shape index (κ2) is 8.55. The zero-order chi connectivity index (χ0) is 24.6. The van der Waals surface area contributed by atoms with Crippen LogP contribution in [0, 0.1) is 0 Å². The highest BCUT2D eigenvalue weighted by molar-refractivity contribution is 6.15. The van der Waals surface area contributed by atoms with Gasteiger partial charge in [-0.3, -0.25) is 14.8 Å². The van der Waals surface area contributed by atoms with Crippen LogP contribution in [0.5, 0.6) is 0 Å². The van der Waals surface area contributed by atoms with Crippen molar-refractivity contribution in [2.24, 2.45) is 4.99 Å². The molecule has 1 N–H and O–H groups in total. The molecule has 0 saturated heterocycles. The quantitative estimate of drug-likeness (QED) is 0.307. The van der Waals surface area contributed by atoms with Gasteiger partial charge in [0.15, 0.2) is 0 Å². The minimum Gasteiger partial charge on any atom is -0.321 e. The van der Waals surface area contributed by atoms with Gasteiger partial charge in [-0.05, 0) is 43.5 Å². The maximum absolute atomic E-state index is 14.8. The minimum atomic E-state index is -3.11. The summed E-state index contributed by atoms with van der Waals surface area (Å²) in [5.41, 5.74) is 0.580. The summed E-state index contributed by atoms with van der Waals surface area (Å²) >= 11 is 0. The fraction of sp³-hybridized carbons (Fsp3) is 0.138. The molecule has 0 bridgehead atoms. The van der Waals surface area contributed by atoms with E-state index < -0.39 is 11.5 Å². The third-order valence-corrected chi connectivity index (χ3v) is 6.20. The Balaban J connectivity index is 0.000000211. The van der Waals surface area contributed by atoms with Crippen molar-refractivity contribution in [2.45, 2.75) is 25.3 Å². The van der Waals surface area contributed by atoms with Gasteiger partial charge >= 0.3 is 0 Å². The van der Waals surface area contributed by atoms with Gasteiger partial charge in [0.25, 0.3) is 11.5 Å². The van der Waals surface area contributed by atoms with Gasteiger partial charge in [-0.25, -0.2) is 0 Å². The van der Waals surface area contributed by atoms with E-state index in [2.05, 4.69) is 27.1 Å². The topological polar surface area (TPSA) is 58.1 Å². The molecule has 0 atom stereocenters. The predicted octanol–water partition coefficient (Wildman–Crippen LogP) is 6.48. The van der Waals surface area contributed by atoms with Crippen LogP contribution in [0.3, 0.4) is 0 Å². The van der Waals surface area contributed by atoms with Crippen LogP contribution in [-0.2, 0) is 5.92 Å². The number of H-pyrrole nitrogens is 1. The van der Waals surface area contributed by atoms with Crippen LogP contribution in [0.4, 0.5) is 8.78 Å². The standard InChI is InChI=1S/C20H16F2N2O.C9H7N/c1-19(2)20(21,22)15-9-5-4-8-13(15)17(24-19)14-11-12-7-3-6-10-16(12)23-18(14)25;1-2-6-9-8(4-1)5-3-7-10-9/h3-11H,1-2H3,(H,23,25);1-7H. The molecule has 0 fully saturated rings. The molecule has 174 valence electrons. The van der Waals surface area contributed by atoms with Crippen molar-refractivity contribution in [3.63, 3.8) is 0 Å². The first-order valence-corrected chi connectivity index (χ1v) is 11.3. The molecule has 2 aromatic heterocycles. The zero-order valence-electron chi connectivity index (χ0n) is 19.3. The highest BCUT2D eigenvalue weighted by Gasteiger charge is 2.52. The van der Waals surface area contributed by atoms with Crippen molar-refractivity contribution in [3.05, 3.63) is 124 Å². The molecule has 0 unspecified atom stereocenters. The van der Waals surface area contributed by atoms with Gasteiger partial charge in [0.05, 0.1) is 16.8 Å². The Bertz CT molecular complexity index is 1570. The summed E-state index contributed by atoms with van der Waals surface area (Å²) in [5, 5.41) is 2.03. The first kappa shape index (κ1) is 22.6. The molecule has 0 spiro atoms. The lowest BCUT2D eigenvalue weighted by atomic mass is 9.81. The largest absolute Gasteiger partial charge is 0.321 e. The Kier molecular flexibility index (Phi) is 5.52. The normalized spacial score (nSPS) is 15.6. The number of nitrogens with one attached hydrogen (secondary N) is 1. The molecule has 3 heterocycles. The summed E-state index contributed by atoms with van der Waals surface area (Å²) in [6.45, 7) is 2.77. The van der Waals surface area contributed by atoms with Gasteiger partial charge < -0.3 is 4.98 Å². The van der Waals surface area contributed by atoms with Gasteiger partial charge in [-0.15, -0.1) is 0 Å². The summed E-state index contributed by atoms with van der Waals surface area (Å²) < 4.78 is 29.6. The zero-order valence-corrected chi connectivity index (χ0v) is 19.3. The predicted molar refractivity (Wildman–Crippen MR) is 136 cm³/mol. The second-order valence-corrected chi connectivity index (χ2v) is 8.93. The van der Waals surface area contributed by atoms with Crippen LogP contribution >= 0.6 is 0 Å². The molecule has 1 aliphatic rings. The maximum atomic E-state index is 14.8. The van der Waals surface area contributed by atoms with Crippen LogP contribution in [-0.4, -0.2) is 21.2 Å². The number of fused-ring (bicyclic) bond motifs is 3. The van der Waals surface area contributed by atoms with E-state index in [0.717, 1.165) is 10.9 Å². The molecule has 3 aromatic carbocycles. The summed E-state index contributed by atoms with van der Waals surface area (Å²) in [6, 6.07) is 27.4. The number of aromatic amines is 1. The number of hydrogen-bond donors (Lipinski definition) is 1. The lowest BCUT2D eigenvalue weighted by Crippen LogP contribution is -2.44. The Morgan fingerprint density at radius 1 is 0.771 bits per heavy atom. The molecule has 6 rings (SSSR count). The maximum Gasteiger partial charge on any atom is 0.297 e. The fourth-order valence-electron chi connectivity index (χ4n) is 4.25. The molecular formula is C29H23F2N3O. The number of nitrogens with zero attached hydrogens (tertiary/aromatic N) is 2. The first-order valence-electron chi connectivity index (χ1n) is 11.3. The lowest BCUT2D eigenvalue weighted by molar-refractivity contribution is -0.0681. The van der Waals surface area contributed by atoms with E-state index in [1.54, 1.807) is 30.3 Å². The van der Waals surface area contributed by atoms with Gasteiger partial charge in [0.2, 0.25) is 0 Å². The Morgan fingerprint density at radius 2 is 1.43 bits per heavy atom. The van der Waals surface area contributed by atoms with E-state index in [0.29, 0.717) is 22.4 Å². The van der Waals surface area contributed by atoms with Gasteiger partial charge in [-0.1, -0.05) is 66.7 Å². The van der Waals surface area contributed by atoms with E-state index in [9.17, 15) is 13.6 Å². The Hall–Kier alpha value is -4.19. The third kappa shape index (κ3) is 4.01. The number of halogens is 2. The molecule has 5 aromatic rings. The molecule has 1 aliphatic heterocycles. The van der Waals surface area contributed by atoms with E-state index in [-0.39, 0.29) is 11.1 Å². The Labute approximate surface area is 201 Å². The SMILES string of the molecule is CC1(C)N=C(c2cc3ccccc3[nH]c2=O)c2ccccc2C1(F)F.c1ccc2ncccc2c1. The number of para-hydroxylation sites is 2. The van der Waals surface area contributed by atoms with Crippen LogP contribution in [0.25, 0.3) is 21.8 Å². The van der Waals surface area contributed by atoms with Crippen molar-refractivity contribution in [1.29, 1.82) is 0 Å². The van der Waals surface area contributed by atoms with Crippen LogP contribution in [0.2, 0.25) is 0 Å². The van der Waals surface area contributed by atoms with Crippen LogP contribution in [0.15, 0.2) is 107 Å². The molecule has 0 aliphatic carbocycles. The van der Waals surface area contributed by atoms with Crippen molar-refractivity contribution in [1.82, 2.24) is 9.97 Å². The lowest BCUT2D eigenvalue weighted by Gasteiger charge is -2.37. The van der Waals surface area contributed by atoms with Crippen molar-refractivity contribution < 1.29 is 8.78 Å². The minimum absolute atomic E-state index is 0.0995. The highest BCUT2D eigenvalue weighted by atomic mass is 19.3. The monoisotopic (exact) mass is 467 g/mol. The van der Waals surface area contributed by atoms with Crippen LogP contribution < -0.4 is 5.56 Å². The number of hydrogen-bond acceptors (Lipinski definition) is 3. The second-order valence-electron chi connectivity index (χ2n) is 8.93. The summed E-state index contributed by atoms with van der Waals surface area (Å²) in [6.07, 6.45) is 1.81. The molecule has 0 saturated carbocycles. The van der Waals surface area contributed by atoms with E-state index in [4.69, 9.17) is 0 Å². The highest BCUT2D eigenvalue weighted by Crippen LogP contribution is 2.46. The smallest absolute Gasteiger partial charge is 0.297 e. The number of rotatable bonds is 1. The van der Waals surface area contributed by atoms with Crippen molar-refractivity contribution in [3.8, 4) is 0 Å². The molecule has 6 heteroatoms. The average Bonchev–Trinajstić information content (AvgIpc) is 2.87. The summed E-state index contributed by atoms with van der Waals surface area (Å²) in [4.78, 5) is 23.9. The molecular weight excluding hydrogens is 444 g/mol. The number of aromatic nitrogens is 2. The molecule has 35 heavy (non-hydrogen) atoms. The fourth-order valence-corrected chi connectivity index (χ4v) is 4.25. The number of alkyl halides is 2. The number of aliphatic imine (C=N–C) groups is 1. The number of benzene rings is 3. The van der Waals surface area contributed by atoms with Crippen LogP contribution in [0.1, 0.15) is 30.5 Å². The van der Waals surface area contributed by atoms with Crippen molar-refractivity contribution in [2.75, 3.05) is 0 Å². The van der Waals surface area contributed by atoms with E-state index >= 15 is 0 Å². The van der Waals surface area contributed by atoms with Gasteiger partial charge in [0.1, 0.15) is 5.54 Å². The van der Waals surface area contributed by atoms with Gasteiger partial charge in [0, 0.05) is 28.2 Å². The van der Waals surface area contributed by atoms with Crippen molar-refractivity contribution >= 4 is 27.5 Å². The summed E-state index contributed by atoms with van der Waals surface area (Å²) in [5.74, 6) is -3.11. The molecule has 0 amide bonds.